The van der Waals surface area contributed by atoms with E-state index < -0.39 is 113 Å². The summed E-state index contributed by atoms with van der Waals surface area (Å²) < 4.78 is 0. The fourth-order valence-corrected chi connectivity index (χ4v) is 9.42. The number of halogens is 1. The Morgan fingerprint density at radius 1 is 0.638 bits per heavy atom. The van der Waals surface area contributed by atoms with Gasteiger partial charge in [-0.25, -0.2) is 9.80 Å². The topological polar surface area (TPSA) is 274 Å². The smallest absolute Gasteiger partial charge is 0.301 e. The van der Waals surface area contributed by atoms with E-state index in [0.717, 1.165) is 34.1 Å². The van der Waals surface area contributed by atoms with Crippen LogP contribution in [0.15, 0.2) is 54.1 Å². The van der Waals surface area contributed by atoms with Crippen LogP contribution in [0.25, 0.3) is 0 Å². The van der Waals surface area contributed by atoms with E-state index in [4.69, 9.17) is 11.6 Å². The van der Waals surface area contributed by atoms with Gasteiger partial charge in [0.15, 0.2) is 11.4 Å². The summed E-state index contributed by atoms with van der Waals surface area (Å²) in [4.78, 5) is 106. The Kier molecular flexibility index (Phi) is 9.37. The van der Waals surface area contributed by atoms with Gasteiger partial charge in [-0.3, -0.25) is 59.6 Å². The van der Waals surface area contributed by atoms with Crippen LogP contribution in [-0.4, -0.2) is 76.6 Å². The number of nitro benzene ring substituents is 4. The van der Waals surface area contributed by atoms with Gasteiger partial charge in [0.2, 0.25) is 23.6 Å². The van der Waals surface area contributed by atoms with Gasteiger partial charge in [0.05, 0.1) is 54.7 Å². The highest BCUT2D eigenvalue weighted by atomic mass is 35.5. The van der Waals surface area contributed by atoms with Crippen molar-refractivity contribution in [3.05, 3.63) is 105 Å². The Morgan fingerprint density at radius 3 is 1.48 bits per heavy atom. The molecule has 22 heteroatoms. The summed E-state index contributed by atoms with van der Waals surface area (Å²) in [5.74, 6) is -10.6. The average Bonchev–Trinajstić information content (AvgIpc) is 3.56. The van der Waals surface area contributed by atoms with Crippen LogP contribution in [0.2, 0.25) is 5.02 Å². The number of carbonyl (C=O) groups excluding carboxylic acids is 4. The summed E-state index contributed by atoms with van der Waals surface area (Å²) in [6, 6.07) is 7.49. The van der Waals surface area contributed by atoms with Crippen molar-refractivity contribution in [3.8, 4) is 5.75 Å². The van der Waals surface area contributed by atoms with Crippen molar-refractivity contribution in [2.75, 3.05) is 47.8 Å². The van der Waals surface area contributed by atoms with E-state index in [1.54, 1.807) is 6.08 Å². The van der Waals surface area contributed by atoms with Crippen LogP contribution < -0.4 is 19.6 Å². The third-order valence-electron chi connectivity index (χ3n) is 11.3. The summed E-state index contributed by atoms with van der Waals surface area (Å²) in [7, 11) is 5.41. The first kappa shape index (κ1) is 39.2. The molecule has 1 N–H and O–H groups in total. The molecule has 58 heavy (non-hydrogen) atoms. The lowest BCUT2D eigenvalue weighted by Gasteiger charge is -2.44. The molecule has 6 atom stereocenters. The minimum atomic E-state index is -1.27. The third-order valence-corrected chi connectivity index (χ3v) is 11.6. The number of hydrogen-bond acceptors (Lipinski definition) is 15. The van der Waals surface area contributed by atoms with Crippen molar-refractivity contribution >= 4 is 80.7 Å². The number of phenols is 1. The second-order valence-electron chi connectivity index (χ2n) is 14.7. The van der Waals surface area contributed by atoms with Crippen molar-refractivity contribution in [3.63, 3.8) is 0 Å². The molecule has 4 aliphatic rings. The Hall–Kier alpha value is -7.03. The van der Waals surface area contributed by atoms with Crippen LogP contribution in [-0.2, 0) is 19.2 Å². The highest BCUT2D eigenvalue weighted by Gasteiger charge is 2.63. The SMILES string of the molecule is CN(C)c1c([N+](=O)[O-])cc(N2C(=O)[C@H]3[C@H](CC=C4[C@H]3C[C@H]3C(=O)N(c5cc([N+](=O)[O-])c(N(C)C)c([N+](=O)[O-])c5)C(=O)[C@H]3[C@H]4c3ccc(O)cc3Cl)C2=O)cc1[N+](=O)[O-]. The number of amides is 4. The van der Waals surface area contributed by atoms with Crippen molar-refractivity contribution in [2.45, 2.75) is 18.8 Å². The Morgan fingerprint density at radius 2 is 1.07 bits per heavy atom. The standard InChI is InChI=1S/C36H31ClN8O13/c1-38(2)31-24(42(51)52)9-15(10-25(31)43(53)54)40-33(47)20-8-7-18-21(29(20)35(40)49)14-22-30(28(18)19-6-5-17(46)13-23(19)37)36(50)41(34(22)48)16-11-26(44(55)56)32(39(3)4)27(12-16)45(57)58/h5-7,9-13,20-22,28-30,46H,8,14H2,1-4H3/t20-,21+,22+,28+,29-,30+/m0/s1. The molecule has 2 aliphatic heterocycles. The van der Waals surface area contributed by atoms with Crippen LogP contribution >= 0.6 is 11.6 Å². The number of allylic oxidation sites excluding steroid dienone is 2. The van der Waals surface area contributed by atoms with Gasteiger partial charge in [-0.1, -0.05) is 29.3 Å². The molecule has 2 aliphatic carbocycles. The summed E-state index contributed by atoms with van der Waals surface area (Å²) >= 11 is 6.67. The monoisotopic (exact) mass is 818 g/mol. The minimum absolute atomic E-state index is 0.0243. The number of rotatable bonds is 9. The van der Waals surface area contributed by atoms with E-state index in [0.29, 0.717) is 15.4 Å². The molecule has 2 heterocycles. The first-order valence-corrected chi connectivity index (χ1v) is 17.9. The molecular formula is C36H31ClN8O13. The molecule has 4 amide bonds. The van der Waals surface area contributed by atoms with Gasteiger partial charge in [0.25, 0.3) is 0 Å². The number of anilines is 4. The number of nitro groups is 4. The molecule has 3 fully saturated rings. The Bertz CT molecular complexity index is 2400. The molecule has 21 nitrogen and oxygen atoms in total. The molecule has 7 rings (SSSR count). The fraction of sp³-hybridized carbons (Fsp3) is 0.333. The molecule has 0 spiro atoms. The predicted molar refractivity (Wildman–Crippen MR) is 204 cm³/mol. The lowest BCUT2D eigenvalue weighted by atomic mass is 9.57. The van der Waals surface area contributed by atoms with Crippen LogP contribution in [0.5, 0.6) is 5.75 Å². The van der Waals surface area contributed by atoms with Crippen molar-refractivity contribution in [1.82, 2.24) is 0 Å². The summed E-state index contributed by atoms with van der Waals surface area (Å²) in [5.41, 5.74) is -3.90. The van der Waals surface area contributed by atoms with Crippen molar-refractivity contribution in [2.24, 2.45) is 29.6 Å². The second-order valence-corrected chi connectivity index (χ2v) is 15.1. The third kappa shape index (κ3) is 5.83. The highest BCUT2D eigenvalue weighted by molar-refractivity contribution is 6.32. The zero-order valence-corrected chi connectivity index (χ0v) is 31.6. The van der Waals surface area contributed by atoms with E-state index in [-0.39, 0.29) is 40.6 Å². The summed E-state index contributed by atoms with van der Waals surface area (Å²) in [5, 5.41) is 58.8. The number of phenolic OH excluding ortho intramolecular Hbond substituents is 1. The maximum absolute atomic E-state index is 14.6. The molecule has 0 unspecified atom stereocenters. The van der Waals surface area contributed by atoms with Gasteiger partial charge in [0, 0.05) is 63.4 Å². The molecule has 0 aromatic heterocycles. The molecule has 0 radical (unpaired) electrons. The number of hydrogen-bond donors (Lipinski definition) is 1. The number of nitrogens with zero attached hydrogens (tertiary/aromatic N) is 8. The van der Waals surface area contributed by atoms with E-state index >= 15 is 0 Å². The zero-order chi connectivity index (χ0) is 42.4. The van der Waals surface area contributed by atoms with Crippen molar-refractivity contribution in [1.29, 1.82) is 0 Å². The largest absolute Gasteiger partial charge is 0.508 e. The van der Waals surface area contributed by atoms with Crippen LogP contribution in [0.3, 0.4) is 0 Å². The molecule has 300 valence electrons. The number of fused-ring (bicyclic) bond motifs is 4. The van der Waals surface area contributed by atoms with E-state index in [1.165, 1.54) is 46.4 Å². The number of benzene rings is 3. The molecule has 3 aromatic rings. The quantitative estimate of drug-likeness (QED) is 0.131. The normalized spacial score (nSPS) is 23.6. The van der Waals surface area contributed by atoms with Crippen LogP contribution in [0, 0.1) is 70.0 Å². The van der Waals surface area contributed by atoms with E-state index in [2.05, 4.69) is 0 Å². The van der Waals surface area contributed by atoms with Crippen LogP contribution in [0.4, 0.5) is 45.5 Å². The fourth-order valence-electron chi connectivity index (χ4n) is 9.12. The van der Waals surface area contributed by atoms with Crippen LogP contribution in [0.1, 0.15) is 24.3 Å². The van der Waals surface area contributed by atoms with Gasteiger partial charge in [-0.15, -0.1) is 0 Å². The predicted octanol–water partition coefficient (Wildman–Crippen LogP) is 4.86. The Labute approximate surface area is 331 Å². The van der Waals surface area contributed by atoms with Gasteiger partial charge in [0.1, 0.15) is 5.75 Å². The maximum atomic E-state index is 14.6. The minimum Gasteiger partial charge on any atom is -0.508 e. The zero-order valence-electron chi connectivity index (χ0n) is 30.8. The molecule has 0 bridgehead atoms. The molecular weight excluding hydrogens is 788 g/mol. The molecule has 1 saturated carbocycles. The van der Waals surface area contributed by atoms with Crippen molar-refractivity contribution < 1.29 is 44.0 Å². The average molecular weight is 819 g/mol. The Balaban J connectivity index is 1.37. The highest BCUT2D eigenvalue weighted by Crippen LogP contribution is 2.60. The lowest BCUT2D eigenvalue weighted by Crippen LogP contribution is -2.43. The maximum Gasteiger partial charge on any atom is 0.301 e. The number of aromatic hydroxyl groups is 1. The molecule has 3 aromatic carbocycles. The first-order valence-electron chi connectivity index (χ1n) is 17.5. The first-order chi connectivity index (χ1) is 27.3. The number of carbonyl (C=O) groups is 4. The summed E-state index contributed by atoms with van der Waals surface area (Å²) in [6.07, 6.45) is 1.33. The van der Waals surface area contributed by atoms with Gasteiger partial charge in [-0.2, -0.15) is 0 Å². The molecule has 2 saturated heterocycles. The van der Waals surface area contributed by atoms with E-state index in [1.807, 2.05) is 0 Å². The van der Waals surface area contributed by atoms with E-state index in [9.17, 15) is 64.7 Å². The van der Waals surface area contributed by atoms with Gasteiger partial charge < -0.3 is 14.9 Å². The number of imide groups is 2. The van der Waals surface area contributed by atoms with Gasteiger partial charge in [-0.05, 0) is 36.5 Å². The summed E-state index contributed by atoms with van der Waals surface area (Å²) in [6.45, 7) is 0. The second kappa shape index (κ2) is 13.9. The van der Waals surface area contributed by atoms with Gasteiger partial charge >= 0.3 is 22.7 Å². The lowest BCUT2D eigenvalue weighted by molar-refractivity contribution is -0.392.